The van der Waals surface area contributed by atoms with Gasteiger partial charge in [0, 0.05) is 13.1 Å². The van der Waals surface area contributed by atoms with Gasteiger partial charge in [0.25, 0.3) is 0 Å². The van der Waals surface area contributed by atoms with E-state index in [1.54, 1.807) is 0 Å². The molecule has 0 saturated heterocycles. The van der Waals surface area contributed by atoms with E-state index in [4.69, 9.17) is 4.74 Å². The van der Waals surface area contributed by atoms with Crippen molar-refractivity contribution in [3.05, 3.63) is 71.8 Å². The zero-order chi connectivity index (χ0) is 16.7. The molecule has 0 aromatic heterocycles. The Labute approximate surface area is 138 Å². The number of nitrogens with one attached hydrogen (secondary N) is 1. The van der Waals surface area contributed by atoms with Gasteiger partial charge in [-0.2, -0.15) is 0 Å². The van der Waals surface area contributed by atoms with Crippen LogP contribution in [0.1, 0.15) is 31.9 Å². The van der Waals surface area contributed by atoms with E-state index in [1.807, 2.05) is 86.4 Å². The van der Waals surface area contributed by atoms with Crippen LogP contribution in [0.25, 0.3) is 0 Å². The molecule has 2 rings (SSSR count). The Morgan fingerprint density at radius 3 is 1.74 bits per heavy atom. The van der Waals surface area contributed by atoms with Gasteiger partial charge in [-0.05, 0) is 31.9 Å². The molecule has 0 heterocycles. The number of carbonyl (C=O) groups is 1. The fraction of sp³-hybridized carbons (Fsp3) is 0.316. The summed E-state index contributed by atoms with van der Waals surface area (Å²) in [7, 11) is 0. The van der Waals surface area contributed by atoms with E-state index in [2.05, 4.69) is 5.43 Å². The molecule has 0 bridgehead atoms. The average Bonchev–Trinajstić information content (AvgIpc) is 2.47. The maximum absolute atomic E-state index is 12.1. The van der Waals surface area contributed by atoms with Gasteiger partial charge in [-0.25, -0.2) is 9.80 Å². The minimum Gasteiger partial charge on any atom is -0.443 e. The Bertz CT molecular complexity index is 565. The lowest BCUT2D eigenvalue weighted by Crippen LogP contribution is -2.43. The van der Waals surface area contributed by atoms with E-state index in [9.17, 15) is 4.79 Å². The summed E-state index contributed by atoms with van der Waals surface area (Å²) in [6, 6.07) is 20.1. The van der Waals surface area contributed by atoms with Crippen LogP contribution in [0.5, 0.6) is 0 Å². The molecule has 0 fully saturated rings. The summed E-state index contributed by atoms with van der Waals surface area (Å²) in [4.78, 5) is 12.1. The average molecular weight is 312 g/mol. The molecule has 2 aromatic rings. The predicted molar refractivity (Wildman–Crippen MR) is 91.5 cm³/mol. The first-order chi connectivity index (χ1) is 10.9. The molecule has 0 aliphatic carbocycles. The lowest BCUT2D eigenvalue weighted by atomic mass is 10.2. The molecule has 1 N–H and O–H groups in total. The molecule has 1 amide bonds. The first-order valence-electron chi connectivity index (χ1n) is 7.75. The largest absolute Gasteiger partial charge is 0.443 e. The fourth-order valence-electron chi connectivity index (χ4n) is 2.17. The van der Waals surface area contributed by atoms with Crippen LogP contribution in [-0.2, 0) is 17.8 Å². The van der Waals surface area contributed by atoms with Crippen molar-refractivity contribution in [2.24, 2.45) is 0 Å². The Hall–Kier alpha value is -2.33. The molecule has 122 valence electrons. The van der Waals surface area contributed by atoms with Gasteiger partial charge in [0.1, 0.15) is 5.60 Å². The highest BCUT2D eigenvalue weighted by molar-refractivity contribution is 5.67. The highest BCUT2D eigenvalue weighted by atomic mass is 16.6. The summed E-state index contributed by atoms with van der Waals surface area (Å²) >= 11 is 0. The number of amides is 1. The quantitative estimate of drug-likeness (QED) is 0.844. The maximum atomic E-state index is 12.1. The number of hydrazine groups is 1. The first-order valence-corrected chi connectivity index (χ1v) is 7.75. The van der Waals surface area contributed by atoms with Crippen molar-refractivity contribution < 1.29 is 9.53 Å². The highest BCUT2D eigenvalue weighted by Crippen LogP contribution is 2.10. The topological polar surface area (TPSA) is 41.6 Å². The van der Waals surface area contributed by atoms with Crippen LogP contribution in [0.3, 0.4) is 0 Å². The SMILES string of the molecule is CC(C)(C)OC(=O)NN(Cc1ccccc1)Cc1ccccc1. The van der Waals surface area contributed by atoms with E-state index in [1.165, 1.54) is 0 Å². The van der Waals surface area contributed by atoms with Gasteiger partial charge in [-0.3, -0.25) is 5.43 Å². The van der Waals surface area contributed by atoms with E-state index in [0.29, 0.717) is 13.1 Å². The van der Waals surface area contributed by atoms with Crippen molar-refractivity contribution in [2.45, 2.75) is 39.5 Å². The molecule has 23 heavy (non-hydrogen) atoms. The Balaban J connectivity index is 2.06. The molecule has 0 radical (unpaired) electrons. The van der Waals surface area contributed by atoms with Crippen LogP contribution < -0.4 is 5.43 Å². The van der Waals surface area contributed by atoms with Crippen molar-refractivity contribution in [2.75, 3.05) is 0 Å². The van der Waals surface area contributed by atoms with Gasteiger partial charge in [-0.15, -0.1) is 0 Å². The van der Waals surface area contributed by atoms with E-state index in [0.717, 1.165) is 11.1 Å². The number of hydrogen-bond donors (Lipinski definition) is 1. The molecule has 0 spiro atoms. The Kier molecular flexibility index (Phi) is 5.77. The normalized spacial score (nSPS) is 11.3. The summed E-state index contributed by atoms with van der Waals surface area (Å²) < 4.78 is 5.35. The molecule has 0 unspecified atom stereocenters. The second-order valence-electron chi connectivity index (χ2n) is 6.44. The number of rotatable bonds is 5. The molecule has 0 aliphatic rings. The fourth-order valence-corrected chi connectivity index (χ4v) is 2.17. The Morgan fingerprint density at radius 2 is 1.35 bits per heavy atom. The molecule has 4 heteroatoms. The zero-order valence-electron chi connectivity index (χ0n) is 14.0. The summed E-state index contributed by atoms with van der Waals surface area (Å²) in [6.45, 7) is 6.77. The Morgan fingerprint density at radius 1 is 0.913 bits per heavy atom. The molecule has 4 nitrogen and oxygen atoms in total. The minimum absolute atomic E-state index is 0.440. The molecule has 0 atom stereocenters. The number of ether oxygens (including phenoxy) is 1. The number of nitrogens with zero attached hydrogens (tertiary/aromatic N) is 1. The lowest BCUT2D eigenvalue weighted by molar-refractivity contribution is 0.0301. The van der Waals surface area contributed by atoms with Crippen LogP contribution >= 0.6 is 0 Å². The lowest BCUT2D eigenvalue weighted by Gasteiger charge is -2.26. The van der Waals surface area contributed by atoms with Gasteiger partial charge >= 0.3 is 6.09 Å². The van der Waals surface area contributed by atoms with Crippen LogP contribution in [0, 0.1) is 0 Å². The highest BCUT2D eigenvalue weighted by Gasteiger charge is 2.18. The van der Waals surface area contributed by atoms with Crippen LogP contribution in [0.2, 0.25) is 0 Å². The standard InChI is InChI=1S/C19H24N2O2/c1-19(2,3)23-18(22)20-21(14-16-10-6-4-7-11-16)15-17-12-8-5-9-13-17/h4-13H,14-15H2,1-3H3,(H,20,22). The number of benzene rings is 2. The molecule has 0 saturated carbocycles. The van der Waals surface area contributed by atoms with Crippen molar-refractivity contribution in [1.29, 1.82) is 0 Å². The van der Waals surface area contributed by atoms with Crippen molar-refractivity contribution in [1.82, 2.24) is 10.4 Å². The van der Waals surface area contributed by atoms with Gasteiger partial charge in [-0.1, -0.05) is 60.7 Å². The third-order valence-electron chi connectivity index (χ3n) is 3.08. The van der Waals surface area contributed by atoms with E-state index in [-0.39, 0.29) is 0 Å². The van der Waals surface area contributed by atoms with Gasteiger partial charge in [0.2, 0.25) is 0 Å². The van der Waals surface area contributed by atoms with Crippen LogP contribution in [0.15, 0.2) is 60.7 Å². The third-order valence-corrected chi connectivity index (χ3v) is 3.08. The summed E-state index contributed by atoms with van der Waals surface area (Å²) in [5, 5.41) is 1.86. The molecular weight excluding hydrogens is 288 g/mol. The molecule has 2 aromatic carbocycles. The van der Waals surface area contributed by atoms with Gasteiger partial charge in [0.05, 0.1) is 0 Å². The van der Waals surface area contributed by atoms with Crippen molar-refractivity contribution in [3.63, 3.8) is 0 Å². The van der Waals surface area contributed by atoms with Crippen LogP contribution in [-0.4, -0.2) is 16.7 Å². The van der Waals surface area contributed by atoms with Gasteiger partial charge in [0.15, 0.2) is 0 Å². The van der Waals surface area contributed by atoms with E-state index < -0.39 is 11.7 Å². The molecule has 0 aliphatic heterocycles. The smallest absolute Gasteiger partial charge is 0.422 e. The monoisotopic (exact) mass is 312 g/mol. The van der Waals surface area contributed by atoms with Crippen LogP contribution in [0.4, 0.5) is 4.79 Å². The van der Waals surface area contributed by atoms with Crippen molar-refractivity contribution >= 4 is 6.09 Å². The van der Waals surface area contributed by atoms with Crippen molar-refractivity contribution in [3.8, 4) is 0 Å². The summed E-state index contributed by atoms with van der Waals surface area (Å²) in [5.74, 6) is 0. The first kappa shape index (κ1) is 17.0. The predicted octanol–water partition coefficient (Wildman–Crippen LogP) is 4.13. The zero-order valence-corrected chi connectivity index (χ0v) is 14.0. The second kappa shape index (κ2) is 7.79. The minimum atomic E-state index is -0.519. The molecular formula is C19H24N2O2. The maximum Gasteiger partial charge on any atom is 0.422 e. The summed E-state index contributed by atoms with van der Waals surface area (Å²) in [6.07, 6.45) is -0.440. The third kappa shape index (κ3) is 6.53. The van der Waals surface area contributed by atoms with E-state index >= 15 is 0 Å². The number of hydrogen-bond acceptors (Lipinski definition) is 3. The second-order valence-corrected chi connectivity index (χ2v) is 6.44. The van der Waals surface area contributed by atoms with Gasteiger partial charge < -0.3 is 4.74 Å². The summed E-state index contributed by atoms with van der Waals surface area (Å²) in [5.41, 5.74) is 4.57. The number of carbonyl (C=O) groups excluding carboxylic acids is 1.